The van der Waals surface area contributed by atoms with E-state index in [-0.39, 0.29) is 11.6 Å². The summed E-state index contributed by atoms with van der Waals surface area (Å²) in [5.74, 6) is 1.15. The number of likely N-dealkylation sites (tertiary alicyclic amines) is 2. The van der Waals surface area contributed by atoms with Gasteiger partial charge in [-0.25, -0.2) is 8.78 Å². The van der Waals surface area contributed by atoms with Gasteiger partial charge in [0.05, 0.1) is 0 Å². The summed E-state index contributed by atoms with van der Waals surface area (Å²) in [4.78, 5) is 5.14. The number of piperidine rings is 2. The molecule has 2 aromatic carbocycles. The lowest BCUT2D eigenvalue weighted by Gasteiger charge is -2.32. The first kappa shape index (κ1) is 26.2. The van der Waals surface area contributed by atoms with Crippen molar-refractivity contribution in [1.29, 1.82) is 0 Å². The normalized spacial score (nSPS) is 18.8. The van der Waals surface area contributed by atoms with Gasteiger partial charge in [-0.1, -0.05) is 24.3 Å². The van der Waals surface area contributed by atoms with Crippen molar-refractivity contribution in [3.8, 4) is 0 Å². The molecule has 0 spiro atoms. The highest BCUT2D eigenvalue weighted by Gasteiger charge is 2.20. The second kappa shape index (κ2) is 14.1. The number of hydrogen-bond acceptors (Lipinski definition) is 3. The molecule has 4 rings (SSSR count). The lowest BCUT2D eigenvalue weighted by molar-refractivity contribution is 0.0974. The van der Waals surface area contributed by atoms with E-state index in [1.807, 2.05) is 24.3 Å². The first-order valence-corrected chi connectivity index (χ1v) is 13.7. The molecule has 2 saturated heterocycles. The number of hydrogen-bond donors (Lipinski definition) is 0. The summed E-state index contributed by atoms with van der Waals surface area (Å²) >= 11 is 0. The van der Waals surface area contributed by atoms with Crippen LogP contribution in [0.3, 0.4) is 0 Å². The van der Waals surface area contributed by atoms with Gasteiger partial charge in [-0.3, -0.25) is 0 Å². The van der Waals surface area contributed by atoms with Crippen molar-refractivity contribution in [3.05, 3.63) is 71.3 Å². The molecule has 2 heterocycles. The van der Waals surface area contributed by atoms with Crippen LogP contribution in [0, 0.1) is 23.5 Å². The van der Waals surface area contributed by atoms with Crippen molar-refractivity contribution in [1.82, 2.24) is 9.80 Å². The molecule has 35 heavy (non-hydrogen) atoms. The van der Waals surface area contributed by atoms with Crippen LogP contribution in [-0.4, -0.2) is 62.3 Å². The molecular formula is C30H42F2N2O. The molecular weight excluding hydrogens is 442 g/mol. The number of benzene rings is 2. The average Bonchev–Trinajstić information content (AvgIpc) is 2.88. The summed E-state index contributed by atoms with van der Waals surface area (Å²) in [5, 5.41) is 0. The zero-order chi connectivity index (χ0) is 24.3. The zero-order valence-electron chi connectivity index (χ0n) is 21.1. The molecule has 0 aliphatic carbocycles. The number of halogens is 2. The minimum atomic E-state index is -0.148. The molecule has 0 unspecified atom stereocenters. The first-order valence-electron chi connectivity index (χ1n) is 13.7. The average molecular weight is 485 g/mol. The highest BCUT2D eigenvalue weighted by molar-refractivity contribution is 5.17. The van der Waals surface area contributed by atoms with Crippen LogP contribution >= 0.6 is 0 Å². The summed E-state index contributed by atoms with van der Waals surface area (Å²) in [6, 6.07) is 14.0. The first-order chi connectivity index (χ1) is 17.1. The lowest BCUT2D eigenvalue weighted by atomic mass is 9.90. The molecule has 2 aromatic rings. The fraction of sp³-hybridized carbons (Fsp3) is 0.600. The van der Waals surface area contributed by atoms with Gasteiger partial charge in [-0.2, -0.15) is 0 Å². The third kappa shape index (κ3) is 9.29. The molecule has 2 fully saturated rings. The third-order valence-corrected chi connectivity index (χ3v) is 7.82. The van der Waals surface area contributed by atoms with Gasteiger partial charge in [0.15, 0.2) is 0 Å². The van der Waals surface area contributed by atoms with Crippen molar-refractivity contribution in [2.75, 3.05) is 52.5 Å². The Hall–Kier alpha value is -1.82. The van der Waals surface area contributed by atoms with Crippen LogP contribution in [0.25, 0.3) is 0 Å². The summed E-state index contributed by atoms with van der Waals surface area (Å²) in [6.45, 7) is 8.65. The molecule has 0 atom stereocenters. The van der Waals surface area contributed by atoms with E-state index >= 15 is 0 Å². The Morgan fingerprint density at radius 3 is 1.34 bits per heavy atom. The van der Waals surface area contributed by atoms with Gasteiger partial charge in [-0.15, -0.1) is 0 Å². The molecule has 5 heteroatoms. The van der Waals surface area contributed by atoms with E-state index in [0.717, 1.165) is 63.8 Å². The maximum atomic E-state index is 13.1. The van der Waals surface area contributed by atoms with Crippen LogP contribution < -0.4 is 0 Å². The summed E-state index contributed by atoms with van der Waals surface area (Å²) in [6.07, 6.45) is 9.30. The fourth-order valence-electron chi connectivity index (χ4n) is 5.62. The molecule has 0 bridgehead atoms. The Morgan fingerprint density at radius 2 is 0.971 bits per heavy atom. The van der Waals surface area contributed by atoms with Gasteiger partial charge in [-0.05, 0) is 125 Å². The molecule has 0 radical (unpaired) electrons. The molecule has 2 aliphatic heterocycles. The van der Waals surface area contributed by atoms with Crippen LogP contribution in [0.2, 0.25) is 0 Å². The van der Waals surface area contributed by atoms with Crippen molar-refractivity contribution < 1.29 is 13.5 Å². The lowest BCUT2D eigenvalue weighted by Crippen LogP contribution is -2.35. The van der Waals surface area contributed by atoms with Gasteiger partial charge >= 0.3 is 0 Å². The Morgan fingerprint density at radius 1 is 0.600 bits per heavy atom. The predicted molar refractivity (Wildman–Crippen MR) is 139 cm³/mol. The summed E-state index contributed by atoms with van der Waals surface area (Å²) < 4.78 is 32.1. The largest absolute Gasteiger partial charge is 0.381 e. The van der Waals surface area contributed by atoms with Crippen LogP contribution in [-0.2, 0) is 17.6 Å². The monoisotopic (exact) mass is 484 g/mol. The minimum Gasteiger partial charge on any atom is -0.381 e. The van der Waals surface area contributed by atoms with Crippen molar-refractivity contribution in [2.24, 2.45) is 11.8 Å². The molecule has 0 aromatic heterocycles. The summed E-state index contributed by atoms with van der Waals surface area (Å²) in [5.41, 5.74) is 2.51. The molecule has 192 valence electrons. The standard InChI is InChI=1S/C30H42F2N2O/c31-29-7-3-25(4-8-29)23-27-11-17-33(18-12-27)15-1-21-35-22-2-16-34-19-13-28(14-20-34)24-26-5-9-30(32)10-6-26/h3-10,27-28H,1-2,11-24H2. The van der Waals surface area contributed by atoms with E-state index < -0.39 is 0 Å². The third-order valence-electron chi connectivity index (χ3n) is 7.82. The Labute approximate surface area is 210 Å². The Bertz CT molecular complexity index is 770. The molecule has 2 aliphatic rings. The van der Waals surface area contributed by atoms with E-state index in [1.165, 1.54) is 63.0 Å². The van der Waals surface area contributed by atoms with Crippen LogP contribution in [0.4, 0.5) is 8.78 Å². The Kier molecular flexibility index (Phi) is 10.5. The van der Waals surface area contributed by atoms with Gasteiger partial charge < -0.3 is 14.5 Å². The smallest absolute Gasteiger partial charge is 0.123 e. The molecule has 0 N–H and O–H groups in total. The van der Waals surface area contributed by atoms with E-state index in [1.54, 1.807) is 24.3 Å². The molecule has 3 nitrogen and oxygen atoms in total. The van der Waals surface area contributed by atoms with E-state index in [0.29, 0.717) is 0 Å². The topological polar surface area (TPSA) is 15.7 Å². The van der Waals surface area contributed by atoms with Gasteiger partial charge in [0, 0.05) is 26.3 Å². The summed E-state index contributed by atoms with van der Waals surface area (Å²) in [7, 11) is 0. The zero-order valence-corrected chi connectivity index (χ0v) is 21.1. The number of rotatable bonds is 12. The van der Waals surface area contributed by atoms with Gasteiger partial charge in [0.25, 0.3) is 0 Å². The predicted octanol–water partition coefficient (Wildman–Crippen LogP) is 5.97. The quantitative estimate of drug-likeness (QED) is 0.345. The number of nitrogens with zero attached hydrogens (tertiary/aromatic N) is 2. The molecule has 0 amide bonds. The van der Waals surface area contributed by atoms with Gasteiger partial charge in [0.2, 0.25) is 0 Å². The highest BCUT2D eigenvalue weighted by atomic mass is 19.1. The van der Waals surface area contributed by atoms with Crippen LogP contribution in [0.15, 0.2) is 48.5 Å². The maximum absolute atomic E-state index is 13.1. The van der Waals surface area contributed by atoms with Gasteiger partial charge in [0.1, 0.15) is 11.6 Å². The fourth-order valence-corrected chi connectivity index (χ4v) is 5.62. The minimum absolute atomic E-state index is 0.148. The van der Waals surface area contributed by atoms with Crippen molar-refractivity contribution >= 4 is 0 Å². The van der Waals surface area contributed by atoms with E-state index in [2.05, 4.69) is 9.80 Å². The Balaban J connectivity index is 0.973. The second-order valence-electron chi connectivity index (χ2n) is 10.6. The van der Waals surface area contributed by atoms with Crippen molar-refractivity contribution in [3.63, 3.8) is 0 Å². The number of ether oxygens (including phenoxy) is 1. The SMILES string of the molecule is Fc1ccc(CC2CCN(CCCOCCCN3CCC(Cc4ccc(F)cc4)CC3)CC2)cc1. The van der Waals surface area contributed by atoms with Crippen LogP contribution in [0.1, 0.15) is 49.7 Å². The van der Waals surface area contributed by atoms with Crippen molar-refractivity contribution in [2.45, 2.75) is 51.4 Å². The van der Waals surface area contributed by atoms with E-state index in [4.69, 9.17) is 4.74 Å². The van der Waals surface area contributed by atoms with Crippen LogP contribution in [0.5, 0.6) is 0 Å². The van der Waals surface area contributed by atoms with E-state index in [9.17, 15) is 8.78 Å². The molecule has 0 saturated carbocycles. The maximum Gasteiger partial charge on any atom is 0.123 e. The second-order valence-corrected chi connectivity index (χ2v) is 10.6. The highest BCUT2D eigenvalue weighted by Crippen LogP contribution is 2.23.